The Balaban J connectivity index is 3.30. The van der Waals surface area contributed by atoms with E-state index in [1.807, 2.05) is 5.10 Å². The number of aromatic nitrogens is 2. The molecular weight excluding hydrogens is 226 g/mol. The van der Waals surface area contributed by atoms with E-state index in [0.717, 1.165) is 14.2 Å². The predicted octanol–water partition coefficient (Wildman–Crippen LogP) is 0.920. The number of methoxy groups -OCH3 is 2. The third-order valence-corrected chi connectivity index (χ3v) is 1.78. The van der Waals surface area contributed by atoms with Gasteiger partial charge in [0.25, 0.3) is 6.43 Å². The van der Waals surface area contributed by atoms with Crippen LogP contribution in [0, 0.1) is 0 Å². The number of ether oxygens (including phenoxy) is 2. The first-order valence-electron chi connectivity index (χ1n) is 4.06. The van der Waals surface area contributed by atoms with E-state index in [2.05, 4.69) is 14.6 Å². The van der Waals surface area contributed by atoms with Crippen molar-refractivity contribution in [3.8, 4) is 0 Å². The molecule has 1 aromatic rings. The van der Waals surface area contributed by atoms with Gasteiger partial charge in [-0.15, -0.1) is 0 Å². The summed E-state index contributed by atoms with van der Waals surface area (Å²) in [7, 11) is 2.05. The van der Waals surface area contributed by atoms with Gasteiger partial charge in [0.15, 0.2) is 5.69 Å². The maximum absolute atomic E-state index is 12.5. The largest absolute Gasteiger partial charge is 0.465 e. The third kappa shape index (κ3) is 2.00. The summed E-state index contributed by atoms with van der Waals surface area (Å²) in [5.74, 6) is -2.08. The smallest absolute Gasteiger partial charge is 0.359 e. The van der Waals surface area contributed by atoms with Crippen LogP contribution >= 0.6 is 0 Å². The molecule has 16 heavy (non-hydrogen) atoms. The molecule has 8 heteroatoms. The van der Waals surface area contributed by atoms with Crippen molar-refractivity contribution in [2.24, 2.45) is 0 Å². The Morgan fingerprint density at radius 1 is 1.25 bits per heavy atom. The van der Waals surface area contributed by atoms with E-state index in [9.17, 15) is 18.4 Å². The lowest BCUT2D eigenvalue weighted by Crippen LogP contribution is -2.12. The van der Waals surface area contributed by atoms with E-state index >= 15 is 0 Å². The van der Waals surface area contributed by atoms with E-state index in [0.29, 0.717) is 0 Å². The lowest BCUT2D eigenvalue weighted by atomic mass is 10.2. The van der Waals surface area contributed by atoms with Gasteiger partial charge in [-0.2, -0.15) is 5.10 Å². The minimum atomic E-state index is -2.97. The average Bonchev–Trinajstić information content (AvgIpc) is 2.71. The van der Waals surface area contributed by atoms with Crippen LogP contribution in [0.5, 0.6) is 0 Å². The zero-order valence-electron chi connectivity index (χ0n) is 8.41. The summed E-state index contributed by atoms with van der Waals surface area (Å²) in [4.78, 5) is 22.4. The summed E-state index contributed by atoms with van der Waals surface area (Å²) in [6, 6.07) is 0. The summed E-state index contributed by atoms with van der Waals surface area (Å²) >= 11 is 0. The van der Waals surface area contributed by atoms with Crippen molar-refractivity contribution < 1.29 is 27.8 Å². The molecule has 0 aliphatic rings. The van der Waals surface area contributed by atoms with Gasteiger partial charge in [-0.3, -0.25) is 5.10 Å². The number of aromatic amines is 1. The monoisotopic (exact) mass is 234 g/mol. The second-order valence-electron chi connectivity index (χ2n) is 2.64. The fourth-order valence-electron chi connectivity index (χ4n) is 1.07. The Hall–Kier alpha value is -1.99. The van der Waals surface area contributed by atoms with Crippen LogP contribution in [0.25, 0.3) is 0 Å². The standard InChI is InChI=1S/C8H8F2N2O4/c1-15-7(13)3-4(6(9)10)11-12-5(3)8(14)16-2/h6H,1-2H3,(H,11,12). The molecule has 0 saturated heterocycles. The quantitative estimate of drug-likeness (QED) is 0.786. The zero-order valence-corrected chi connectivity index (χ0v) is 8.41. The molecule has 88 valence electrons. The van der Waals surface area contributed by atoms with Gasteiger partial charge in [-0.05, 0) is 0 Å². The third-order valence-electron chi connectivity index (χ3n) is 1.78. The minimum absolute atomic E-state index is 0.523. The van der Waals surface area contributed by atoms with Gasteiger partial charge in [-0.1, -0.05) is 0 Å². The first-order chi connectivity index (χ1) is 7.52. The van der Waals surface area contributed by atoms with Crippen LogP contribution in [-0.4, -0.2) is 36.4 Å². The molecule has 0 bridgehead atoms. The number of carbonyl (C=O) groups excluding carboxylic acids is 2. The summed E-state index contributed by atoms with van der Waals surface area (Å²) in [6.07, 6.45) is -2.97. The number of alkyl halides is 2. The lowest BCUT2D eigenvalue weighted by Gasteiger charge is -2.01. The second kappa shape index (κ2) is 4.69. The average molecular weight is 234 g/mol. The van der Waals surface area contributed by atoms with Gasteiger partial charge in [-0.25, -0.2) is 18.4 Å². The molecule has 0 aliphatic carbocycles. The van der Waals surface area contributed by atoms with Crippen LogP contribution in [0.4, 0.5) is 8.78 Å². The topological polar surface area (TPSA) is 81.3 Å². The van der Waals surface area contributed by atoms with Crippen molar-refractivity contribution in [2.75, 3.05) is 14.2 Å². The van der Waals surface area contributed by atoms with Gasteiger partial charge < -0.3 is 9.47 Å². The van der Waals surface area contributed by atoms with Crippen LogP contribution in [0.3, 0.4) is 0 Å². The number of hydrogen-bond donors (Lipinski definition) is 1. The Labute approximate surface area is 88.5 Å². The molecule has 0 fully saturated rings. The first kappa shape index (κ1) is 12.1. The van der Waals surface area contributed by atoms with Crippen LogP contribution in [0.1, 0.15) is 33.0 Å². The number of rotatable bonds is 3. The van der Waals surface area contributed by atoms with Gasteiger partial charge in [0.1, 0.15) is 11.3 Å². The number of carbonyl (C=O) groups is 2. The highest BCUT2D eigenvalue weighted by Crippen LogP contribution is 2.24. The Morgan fingerprint density at radius 3 is 2.25 bits per heavy atom. The molecule has 0 radical (unpaired) electrons. The van der Waals surface area contributed by atoms with E-state index < -0.39 is 35.3 Å². The van der Waals surface area contributed by atoms with Crippen molar-refractivity contribution >= 4 is 11.9 Å². The Kier molecular flexibility index (Phi) is 3.54. The van der Waals surface area contributed by atoms with Crippen LogP contribution in [0.2, 0.25) is 0 Å². The van der Waals surface area contributed by atoms with Gasteiger partial charge in [0, 0.05) is 0 Å². The number of hydrogen-bond acceptors (Lipinski definition) is 5. The number of H-pyrrole nitrogens is 1. The minimum Gasteiger partial charge on any atom is -0.465 e. The number of nitrogens with one attached hydrogen (secondary N) is 1. The van der Waals surface area contributed by atoms with E-state index in [1.54, 1.807) is 0 Å². The van der Waals surface area contributed by atoms with Gasteiger partial charge in [0.05, 0.1) is 14.2 Å². The SMILES string of the molecule is COC(=O)c1n[nH]c(C(F)F)c1C(=O)OC. The highest BCUT2D eigenvalue weighted by atomic mass is 19.3. The van der Waals surface area contributed by atoms with Crippen molar-refractivity contribution in [2.45, 2.75) is 6.43 Å². The van der Waals surface area contributed by atoms with Crippen molar-refractivity contribution in [3.05, 3.63) is 17.0 Å². The molecule has 0 unspecified atom stereocenters. The lowest BCUT2D eigenvalue weighted by molar-refractivity contribution is 0.0546. The molecule has 6 nitrogen and oxygen atoms in total. The molecule has 0 saturated carbocycles. The molecular formula is C8H8F2N2O4. The summed E-state index contributed by atoms with van der Waals surface area (Å²) < 4.78 is 33.5. The maximum Gasteiger partial charge on any atom is 0.359 e. The predicted molar refractivity (Wildman–Crippen MR) is 46.2 cm³/mol. The molecule has 1 heterocycles. The molecule has 1 aromatic heterocycles. The summed E-state index contributed by atoms with van der Waals surface area (Å²) in [5, 5.41) is 5.20. The zero-order chi connectivity index (χ0) is 12.3. The molecule has 1 rings (SSSR count). The van der Waals surface area contributed by atoms with Crippen molar-refractivity contribution in [1.29, 1.82) is 0 Å². The normalized spacial score (nSPS) is 10.3. The first-order valence-corrected chi connectivity index (χ1v) is 4.06. The summed E-state index contributed by atoms with van der Waals surface area (Å²) in [6.45, 7) is 0. The molecule has 0 atom stereocenters. The molecule has 1 N–H and O–H groups in total. The van der Waals surface area contributed by atoms with Crippen molar-refractivity contribution in [1.82, 2.24) is 10.2 Å². The summed E-state index contributed by atoms with van der Waals surface area (Å²) in [5.41, 5.74) is -1.90. The highest BCUT2D eigenvalue weighted by molar-refractivity contribution is 6.02. The van der Waals surface area contributed by atoms with Crippen LogP contribution < -0.4 is 0 Å². The van der Waals surface area contributed by atoms with Crippen molar-refractivity contribution in [3.63, 3.8) is 0 Å². The van der Waals surface area contributed by atoms with Crippen LogP contribution in [-0.2, 0) is 9.47 Å². The fraction of sp³-hybridized carbons (Fsp3) is 0.375. The van der Waals surface area contributed by atoms with E-state index in [-0.39, 0.29) is 0 Å². The number of nitrogens with zero attached hydrogens (tertiary/aromatic N) is 1. The molecule has 0 amide bonds. The Morgan fingerprint density at radius 2 is 1.81 bits per heavy atom. The van der Waals surface area contributed by atoms with E-state index in [4.69, 9.17) is 0 Å². The number of halogens is 2. The van der Waals surface area contributed by atoms with Crippen LogP contribution in [0.15, 0.2) is 0 Å². The molecule has 0 spiro atoms. The fourth-order valence-corrected chi connectivity index (χ4v) is 1.07. The van der Waals surface area contributed by atoms with E-state index in [1.165, 1.54) is 0 Å². The Bertz CT molecular complexity index is 416. The second-order valence-corrected chi connectivity index (χ2v) is 2.64. The molecule has 0 aromatic carbocycles. The highest BCUT2D eigenvalue weighted by Gasteiger charge is 2.30. The molecule has 0 aliphatic heterocycles. The maximum atomic E-state index is 12.5. The van der Waals surface area contributed by atoms with Gasteiger partial charge in [0.2, 0.25) is 0 Å². The van der Waals surface area contributed by atoms with Gasteiger partial charge >= 0.3 is 11.9 Å². The number of esters is 2.